The standard InChI is InChI=1S/C23H23N5O4S/c1-3-16-5-8-21(22(28-16)23-25-10-4-11-26-23)32-20-9-12-24-19-7-6-17(15-18(19)20)31-14-13-27-33(2,29)30/h4-12,15,27H,3,13-14H2,1-2H3. The summed E-state index contributed by atoms with van der Waals surface area (Å²) in [6.45, 7) is 2.39. The van der Waals surface area contributed by atoms with Gasteiger partial charge in [-0.15, -0.1) is 0 Å². The number of hydrogen-bond donors (Lipinski definition) is 1. The summed E-state index contributed by atoms with van der Waals surface area (Å²) < 4.78 is 36.8. The number of nitrogens with zero attached hydrogens (tertiary/aromatic N) is 4. The van der Waals surface area contributed by atoms with Gasteiger partial charge >= 0.3 is 0 Å². The summed E-state index contributed by atoms with van der Waals surface area (Å²) in [6, 6.07) is 12.7. The Hall–Kier alpha value is -3.63. The molecule has 1 aromatic carbocycles. The lowest BCUT2D eigenvalue weighted by atomic mass is 10.2. The third kappa shape index (κ3) is 5.79. The van der Waals surface area contributed by atoms with Gasteiger partial charge in [0.05, 0.1) is 11.8 Å². The second-order valence-corrected chi connectivity index (χ2v) is 9.01. The van der Waals surface area contributed by atoms with E-state index in [-0.39, 0.29) is 13.2 Å². The largest absolute Gasteiger partial charge is 0.492 e. The Morgan fingerprint density at radius 2 is 1.79 bits per heavy atom. The summed E-state index contributed by atoms with van der Waals surface area (Å²) in [6.07, 6.45) is 6.87. The average molecular weight is 466 g/mol. The quantitative estimate of drug-likeness (QED) is 0.374. The Kier molecular flexibility index (Phi) is 6.76. The lowest BCUT2D eigenvalue weighted by Crippen LogP contribution is -2.26. The zero-order valence-electron chi connectivity index (χ0n) is 18.2. The lowest BCUT2D eigenvalue weighted by molar-refractivity contribution is 0.323. The van der Waals surface area contributed by atoms with Gasteiger partial charge in [-0.05, 0) is 48.9 Å². The summed E-state index contributed by atoms with van der Waals surface area (Å²) in [4.78, 5) is 17.7. The van der Waals surface area contributed by atoms with Gasteiger partial charge in [-0.25, -0.2) is 28.1 Å². The van der Waals surface area contributed by atoms with Crippen LogP contribution in [0.2, 0.25) is 0 Å². The fraction of sp³-hybridized carbons (Fsp3) is 0.217. The van der Waals surface area contributed by atoms with E-state index in [0.717, 1.165) is 29.3 Å². The van der Waals surface area contributed by atoms with Gasteiger partial charge in [-0.1, -0.05) is 6.92 Å². The van der Waals surface area contributed by atoms with Crippen molar-refractivity contribution in [2.45, 2.75) is 13.3 Å². The maximum absolute atomic E-state index is 11.2. The van der Waals surface area contributed by atoms with Crippen molar-refractivity contribution in [3.05, 3.63) is 66.7 Å². The fourth-order valence-corrected chi connectivity index (χ4v) is 3.60. The average Bonchev–Trinajstić information content (AvgIpc) is 2.82. The van der Waals surface area contributed by atoms with E-state index in [0.29, 0.717) is 28.8 Å². The number of hydrogen-bond acceptors (Lipinski definition) is 8. The fourth-order valence-electron chi connectivity index (χ4n) is 3.14. The van der Waals surface area contributed by atoms with Crippen LogP contribution in [0.3, 0.4) is 0 Å². The van der Waals surface area contributed by atoms with E-state index in [9.17, 15) is 8.42 Å². The minimum atomic E-state index is -3.26. The van der Waals surface area contributed by atoms with E-state index in [1.54, 1.807) is 36.8 Å². The number of ether oxygens (including phenoxy) is 2. The van der Waals surface area contributed by atoms with Crippen molar-refractivity contribution in [1.29, 1.82) is 0 Å². The van der Waals surface area contributed by atoms with Crippen molar-refractivity contribution in [3.63, 3.8) is 0 Å². The first-order chi connectivity index (χ1) is 15.9. The van der Waals surface area contributed by atoms with Crippen LogP contribution in [0, 0.1) is 0 Å². The second kappa shape index (κ2) is 9.88. The van der Waals surface area contributed by atoms with Gasteiger partial charge in [0.1, 0.15) is 18.1 Å². The van der Waals surface area contributed by atoms with Gasteiger partial charge in [0, 0.05) is 36.2 Å². The minimum Gasteiger partial charge on any atom is -0.492 e. The molecule has 0 aliphatic heterocycles. The molecular weight excluding hydrogens is 442 g/mol. The van der Waals surface area contributed by atoms with E-state index in [4.69, 9.17) is 9.47 Å². The van der Waals surface area contributed by atoms with Crippen LogP contribution in [0.25, 0.3) is 22.4 Å². The van der Waals surface area contributed by atoms with E-state index in [1.165, 1.54) is 0 Å². The zero-order chi connectivity index (χ0) is 23.3. The monoisotopic (exact) mass is 465 g/mol. The number of aromatic nitrogens is 4. The van der Waals surface area contributed by atoms with Crippen molar-refractivity contribution in [2.24, 2.45) is 0 Å². The molecule has 33 heavy (non-hydrogen) atoms. The number of nitrogens with one attached hydrogen (secondary N) is 1. The molecule has 4 rings (SSSR count). The first kappa shape index (κ1) is 22.6. The van der Waals surface area contributed by atoms with E-state index in [1.807, 2.05) is 31.2 Å². The molecule has 3 heterocycles. The van der Waals surface area contributed by atoms with Gasteiger partial charge in [0.2, 0.25) is 10.0 Å². The molecule has 0 radical (unpaired) electrons. The molecule has 0 amide bonds. The summed E-state index contributed by atoms with van der Waals surface area (Å²) in [7, 11) is -3.26. The number of rotatable bonds is 9. The number of benzene rings is 1. The molecule has 9 nitrogen and oxygen atoms in total. The number of pyridine rings is 2. The van der Waals surface area contributed by atoms with Gasteiger partial charge in [0.25, 0.3) is 0 Å². The highest BCUT2D eigenvalue weighted by molar-refractivity contribution is 7.88. The highest BCUT2D eigenvalue weighted by Gasteiger charge is 2.15. The summed E-state index contributed by atoms with van der Waals surface area (Å²) in [5.41, 5.74) is 2.19. The summed E-state index contributed by atoms with van der Waals surface area (Å²) in [5, 5.41) is 0.741. The van der Waals surface area contributed by atoms with Crippen LogP contribution < -0.4 is 14.2 Å². The van der Waals surface area contributed by atoms with E-state index in [2.05, 4.69) is 24.7 Å². The van der Waals surface area contributed by atoms with E-state index < -0.39 is 10.0 Å². The number of sulfonamides is 1. The molecule has 0 unspecified atom stereocenters. The summed E-state index contributed by atoms with van der Waals surface area (Å²) in [5.74, 6) is 2.14. The van der Waals surface area contributed by atoms with Crippen molar-refractivity contribution < 1.29 is 17.9 Å². The van der Waals surface area contributed by atoms with Crippen LogP contribution in [0.4, 0.5) is 0 Å². The topological polar surface area (TPSA) is 116 Å². The lowest BCUT2D eigenvalue weighted by Gasteiger charge is -2.13. The smallest absolute Gasteiger partial charge is 0.208 e. The molecule has 1 N–H and O–H groups in total. The van der Waals surface area contributed by atoms with Gasteiger partial charge < -0.3 is 9.47 Å². The molecule has 0 spiro atoms. The second-order valence-electron chi connectivity index (χ2n) is 7.18. The van der Waals surface area contributed by atoms with Crippen LogP contribution in [-0.4, -0.2) is 47.8 Å². The van der Waals surface area contributed by atoms with Crippen LogP contribution in [0.1, 0.15) is 12.6 Å². The van der Waals surface area contributed by atoms with Crippen molar-refractivity contribution in [3.8, 4) is 28.8 Å². The molecule has 10 heteroatoms. The van der Waals surface area contributed by atoms with Gasteiger partial charge in [-0.2, -0.15) is 0 Å². The normalized spacial score (nSPS) is 11.5. The third-order valence-electron chi connectivity index (χ3n) is 4.68. The molecule has 0 saturated heterocycles. The molecule has 170 valence electrons. The molecule has 4 aromatic rings. The molecule has 0 aliphatic rings. The van der Waals surface area contributed by atoms with E-state index >= 15 is 0 Å². The number of aryl methyl sites for hydroxylation is 1. The van der Waals surface area contributed by atoms with Gasteiger partial charge in [-0.3, -0.25) is 4.98 Å². The first-order valence-corrected chi connectivity index (χ1v) is 12.2. The molecular formula is C23H23N5O4S. The predicted octanol–water partition coefficient (Wildman–Crippen LogP) is 3.37. The molecule has 0 fully saturated rings. The third-order valence-corrected chi connectivity index (χ3v) is 5.41. The molecule has 0 atom stereocenters. The maximum Gasteiger partial charge on any atom is 0.208 e. The zero-order valence-corrected chi connectivity index (χ0v) is 19.0. The Balaban J connectivity index is 1.64. The van der Waals surface area contributed by atoms with Crippen LogP contribution in [0.15, 0.2) is 61.1 Å². The molecule has 0 bridgehead atoms. The Bertz CT molecular complexity index is 1360. The Morgan fingerprint density at radius 1 is 0.970 bits per heavy atom. The molecule has 3 aromatic heterocycles. The van der Waals surface area contributed by atoms with Crippen molar-refractivity contribution in [2.75, 3.05) is 19.4 Å². The Morgan fingerprint density at radius 3 is 2.55 bits per heavy atom. The van der Waals surface area contributed by atoms with Crippen LogP contribution in [-0.2, 0) is 16.4 Å². The highest BCUT2D eigenvalue weighted by Crippen LogP contribution is 2.35. The minimum absolute atomic E-state index is 0.170. The van der Waals surface area contributed by atoms with Crippen LogP contribution in [0.5, 0.6) is 17.2 Å². The highest BCUT2D eigenvalue weighted by atomic mass is 32.2. The Labute approximate surface area is 191 Å². The summed E-state index contributed by atoms with van der Waals surface area (Å²) >= 11 is 0. The first-order valence-electron chi connectivity index (χ1n) is 10.3. The van der Waals surface area contributed by atoms with Crippen LogP contribution >= 0.6 is 0 Å². The maximum atomic E-state index is 11.2. The van der Waals surface area contributed by atoms with Crippen molar-refractivity contribution >= 4 is 20.9 Å². The number of fused-ring (bicyclic) bond motifs is 1. The molecule has 0 saturated carbocycles. The predicted molar refractivity (Wildman–Crippen MR) is 125 cm³/mol. The van der Waals surface area contributed by atoms with Gasteiger partial charge in [0.15, 0.2) is 17.3 Å². The molecule has 0 aliphatic carbocycles. The van der Waals surface area contributed by atoms with Crippen molar-refractivity contribution in [1.82, 2.24) is 24.7 Å². The SMILES string of the molecule is CCc1ccc(Oc2ccnc3ccc(OCCNS(C)(=O)=O)cc23)c(-c2ncccn2)n1.